The van der Waals surface area contributed by atoms with Gasteiger partial charge in [0.25, 0.3) is 0 Å². The molecule has 0 amide bonds. The average Bonchev–Trinajstić information content (AvgIpc) is 2.41. The zero-order chi connectivity index (χ0) is 13.7. The third-order valence-electron chi connectivity index (χ3n) is 3.37. The molecule has 2 nitrogen and oxygen atoms in total. The van der Waals surface area contributed by atoms with Crippen LogP contribution in [0.4, 0.5) is 0 Å². The molecule has 0 spiro atoms. The summed E-state index contributed by atoms with van der Waals surface area (Å²) >= 11 is 13.1. The Kier molecular flexibility index (Phi) is 6.63. The predicted molar refractivity (Wildman–Crippen MR) is 87.2 cm³/mol. The van der Waals surface area contributed by atoms with Gasteiger partial charge in [-0.3, -0.25) is 4.90 Å². The quantitative estimate of drug-likeness (QED) is 0.663. The summed E-state index contributed by atoms with van der Waals surface area (Å²) in [5, 5.41) is 1.76. The zero-order valence-corrected chi connectivity index (χ0v) is 14.7. The van der Waals surface area contributed by atoms with Crippen LogP contribution in [-0.4, -0.2) is 36.0 Å². The summed E-state index contributed by atoms with van der Waals surface area (Å²) in [6.07, 6.45) is 2.65. The standard InChI is InChI=1S/C14H18Br2ClNO/c15-5-8-19-13-3-6-18(7-4-13)10-11-1-2-12(16)9-14(11)17/h1-2,9,13H,3-8,10H2. The molecule has 0 saturated carbocycles. The zero-order valence-electron chi connectivity index (χ0n) is 10.7. The summed E-state index contributed by atoms with van der Waals surface area (Å²) in [5.41, 5.74) is 1.20. The molecule has 2 rings (SSSR count). The average molecular weight is 412 g/mol. The van der Waals surface area contributed by atoms with Gasteiger partial charge in [-0.1, -0.05) is 49.5 Å². The summed E-state index contributed by atoms with van der Waals surface area (Å²) in [4.78, 5) is 2.45. The lowest BCUT2D eigenvalue weighted by molar-refractivity contribution is 0.0141. The molecule has 0 radical (unpaired) electrons. The molecule has 1 saturated heterocycles. The van der Waals surface area contributed by atoms with Crippen LogP contribution in [0.25, 0.3) is 0 Å². The highest BCUT2D eigenvalue weighted by atomic mass is 79.9. The Balaban J connectivity index is 1.82. The van der Waals surface area contributed by atoms with Crippen LogP contribution in [-0.2, 0) is 11.3 Å². The Morgan fingerprint density at radius 3 is 2.68 bits per heavy atom. The van der Waals surface area contributed by atoms with E-state index in [1.807, 2.05) is 12.1 Å². The van der Waals surface area contributed by atoms with E-state index in [4.69, 9.17) is 16.3 Å². The minimum Gasteiger partial charge on any atom is -0.377 e. The van der Waals surface area contributed by atoms with E-state index in [1.165, 1.54) is 5.56 Å². The maximum Gasteiger partial charge on any atom is 0.0599 e. The van der Waals surface area contributed by atoms with Crippen LogP contribution < -0.4 is 0 Å². The van der Waals surface area contributed by atoms with Crippen molar-refractivity contribution in [1.82, 2.24) is 4.90 Å². The monoisotopic (exact) mass is 409 g/mol. The summed E-state index contributed by atoms with van der Waals surface area (Å²) < 4.78 is 6.79. The summed E-state index contributed by atoms with van der Waals surface area (Å²) in [5.74, 6) is 0. The summed E-state index contributed by atoms with van der Waals surface area (Å²) in [7, 11) is 0. The van der Waals surface area contributed by atoms with E-state index in [9.17, 15) is 0 Å². The van der Waals surface area contributed by atoms with Crippen molar-refractivity contribution in [2.75, 3.05) is 25.0 Å². The lowest BCUT2D eigenvalue weighted by atomic mass is 10.1. The fourth-order valence-electron chi connectivity index (χ4n) is 2.34. The van der Waals surface area contributed by atoms with Crippen molar-refractivity contribution >= 4 is 43.5 Å². The van der Waals surface area contributed by atoms with Gasteiger partial charge >= 0.3 is 0 Å². The third-order valence-corrected chi connectivity index (χ3v) is 4.54. The van der Waals surface area contributed by atoms with Crippen molar-refractivity contribution in [3.05, 3.63) is 33.3 Å². The number of hydrogen-bond donors (Lipinski definition) is 0. The topological polar surface area (TPSA) is 12.5 Å². The molecule has 1 aromatic carbocycles. The van der Waals surface area contributed by atoms with Gasteiger partial charge < -0.3 is 4.74 Å². The van der Waals surface area contributed by atoms with Gasteiger partial charge in [0.1, 0.15) is 0 Å². The molecule has 19 heavy (non-hydrogen) atoms. The van der Waals surface area contributed by atoms with Gasteiger partial charge in [-0.25, -0.2) is 0 Å². The van der Waals surface area contributed by atoms with Gasteiger partial charge in [-0.05, 0) is 30.5 Å². The fraction of sp³-hybridized carbons (Fsp3) is 0.571. The van der Waals surface area contributed by atoms with Crippen LogP contribution in [0.5, 0.6) is 0 Å². The van der Waals surface area contributed by atoms with E-state index in [1.54, 1.807) is 0 Å². The maximum atomic E-state index is 6.26. The minimum absolute atomic E-state index is 0.425. The lowest BCUT2D eigenvalue weighted by Crippen LogP contribution is -2.36. The van der Waals surface area contributed by atoms with Gasteiger partial charge in [0.2, 0.25) is 0 Å². The number of alkyl halides is 1. The van der Waals surface area contributed by atoms with E-state index in [0.717, 1.165) is 53.9 Å². The second-order valence-electron chi connectivity index (χ2n) is 4.77. The molecule has 0 N–H and O–H groups in total. The molecule has 0 unspecified atom stereocenters. The number of nitrogens with zero attached hydrogens (tertiary/aromatic N) is 1. The number of ether oxygens (including phenoxy) is 1. The Labute approximate surface area is 136 Å². The molecule has 0 bridgehead atoms. The van der Waals surface area contributed by atoms with E-state index < -0.39 is 0 Å². The predicted octanol–water partition coefficient (Wildman–Crippen LogP) is 4.48. The summed E-state index contributed by atoms with van der Waals surface area (Å²) in [6.45, 7) is 3.90. The molecule has 0 aromatic heterocycles. The number of benzene rings is 1. The minimum atomic E-state index is 0.425. The highest BCUT2D eigenvalue weighted by Crippen LogP contribution is 2.24. The molecule has 5 heteroatoms. The molecule has 1 aliphatic heterocycles. The number of halogens is 3. The SMILES string of the molecule is Clc1cc(Br)ccc1CN1CCC(OCCBr)CC1. The van der Waals surface area contributed by atoms with Crippen LogP contribution in [0.3, 0.4) is 0 Å². The largest absolute Gasteiger partial charge is 0.377 e. The first-order chi connectivity index (χ1) is 9.19. The van der Waals surface area contributed by atoms with Crippen molar-refractivity contribution in [1.29, 1.82) is 0 Å². The molecule has 1 heterocycles. The first-order valence-electron chi connectivity index (χ1n) is 6.53. The molecular formula is C14H18Br2ClNO. The van der Waals surface area contributed by atoms with Crippen LogP contribution >= 0.6 is 43.5 Å². The smallest absolute Gasteiger partial charge is 0.0599 e. The van der Waals surface area contributed by atoms with Crippen molar-refractivity contribution in [3.63, 3.8) is 0 Å². The van der Waals surface area contributed by atoms with Crippen LogP contribution in [0, 0.1) is 0 Å². The van der Waals surface area contributed by atoms with E-state index in [-0.39, 0.29) is 0 Å². The number of rotatable bonds is 5. The molecular weight excluding hydrogens is 393 g/mol. The van der Waals surface area contributed by atoms with Crippen molar-refractivity contribution in [2.45, 2.75) is 25.5 Å². The second-order valence-corrected chi connectivity index (χ2v) is 6.89. The molecule has 1 aromatic rings. The van der Waals surface area contributed by atoms with Crippen LogP contribution in [0.2, 0.25) is 5.02 Å². The van der Waals surface area contributed by atoms with E-state index in [0.29, 0.717) is 6.10 Å². The van der Waals surface area contributed by atoms with Gasteiger partial charge in [-0.2, -0.15) is 0 Å². The highest BCUT2D eigenvalue weighted by molar-refractivity contribution is 9.10. The maximum absolute atomic E-state index is 6.26. The fourth-order valence-corrected chi connectivity index (χ4v) is 3.26. The Morgan fingerprint density at radius 2 is 2.05 bits per heavy atom. The molecule has 0 atom stereocenters. The molecule has 1 fully saturated rings. The number of piperidine rings is 1. The van der Waals surface area contributed by atoms with Gasteiger partial charge in [0.15, 0.2) is 0 Å². The first-order valence-corrected chi connectivity index (χ1v) is 8.82. The van der Waals surface area contributed by atoms with Crippen LogP contribution in [0.1, 0.15) is 18.4 Å². The third kappa shape index (κ3) is 5.01. The van der Waals surface area contributed by atoms with Crippen molar-refractivity contribution in [3.8, 4) is 0 Å². The molecule has 0 aliphatic carbocycles. The Hall–Kier alpha value is 0.390. The summed E-state index contributed by atoms with van der Waals surface area (Å²) in [6, 6.07) is 6.11. The first kappa shape index (κ1) is 15.8. The van der Waals surface area contributed by atoms with Gasteiger partial charge in [0.05, 0.1) is 12.7 Å². The van der Waals surface area contributed by atoms with E-state index >= 15 is 0 Å². The Morgan fingerprint density at radius 1 is 1.32 bits per heavy atom. The number of likely N-dealkylation sites (tertiary alicyclic amines) is 1. The van der Waals surface area contributed by atoms with Gasteiger partial charge in [0, 0.05) is 34.5 Å². The second kappa shape index (κ2) is 7.99. The molecule has 106 valence electrons. The normalized spacial score (nSPS) is 17.8. The highest BCUT2D eigenvalue weighted by Gasteiger charge is 2.20. The Bertz CT molecular complexity index is 408. The molecule has 1 aliphatic rings. The van der Waals surface area contributed by atoms with Crippen LogP contribution in [0.15, 0.2) is 22.7 Å². The van der Waals surface area contributed by atoms with E-state index in [2.05, 4.69) is 42.8 Å². The van der Waals surface area contributed by atoms with Gasteiger partial charge in [-0.15, -0.1) is 0 Å². The van der Waals surface area contributed by atoms with Crippen molar-refractivity contribution < 1.29 is 4.74 Å². The van der Waals surface area contributed by atoms with Crippen molar-refractivity contribution in [2.24, 2.45) is 0 Å². The lowest BCUT2D eigenvalue weighted by Gasteiger charge is -2.32. The number of hydrogen-bond acceptors (Lipinski definition) is 2.